The molecule has 0 spiro atoms. The van der Waals surface area contributed by atoms with Gasteiger partial charge >= 0.3 is 0 Å². The van der Waals surface area contributed by atoms with Gasteiger partial charge in [0.2, 0.25) is 5.88 Å². The number of pyridine rings is 1. The molecule has 8 rings (SSSR count). The SMILES string of the molecule is O=C1c2ccc3c4c(ccc(c24)C(=O)N1c1ccc(C2=CCC=C2)cc1)C(=O)N(c1cccc(Oc2ccccn2)c1)C3=O. The average molecular weight is 576 g/mol. The Balaban J connectivity index is 1.17. The first-order valence-corrected chi connectivity index (χ1v) is 14.0. The molecule has 0 saturated carbocycles. The number of anilines is 2. The minimum Gasteiger partial charge on any atom is -0.439 e. The van der Waals surface area contributed by atoms with Crippen LogP contribution in [-0.4, -0.2) is 28.6 Å². The fourth-order valence-electron chi connectivity index (χ4n) is 6.03. The van der Waals surface area contributed by atoms with Gasteiger partial charge in [0.15, 0.2) is 0 Å². The number of carbonyl (C=O) groups is 4. The molecule has 1 aliphatic carbocycles. The maximum Gasteiger partial charge on any atom is 0.265 e. The molecule has 1 aromatic heterocycles. The molecule has 0 atom stereocenters. The third-order valence-corrected chi connectivity index (χ3v) is 8.06. The lowest BCUT2D eigenvalue weighted by atomic mass is 9.85. The minimum atomic E-state index is -0.561. The quantitative estimate of drug-likeness (QED) is 0.210. The van der Waals surface area contributed by atoms with Crippen LogP contribution in [0, 0.1) is 0 Å². The lowest BCUT2D eigenvalue weighted by molar-refractivity contribution is 0.0873. The van der Waals surface area contributed by atoms with Crippen LogP contribution < -0.4 is 14.5 Å². The smallest absolute Gasteiger partial charge is 0.265 e. The zero-order chi connectivity index (χ0) is 29.9. The van der Waals surface area contributed by atoms with Gasteiger partial charge in [-0.1, -0.05) is 42.5 Å². The summed E-state index contributed by atoms with van der Waals surface area (Å²) in [5.74, 6) is -1.38. The molecule has 8 nitrogen and oxygen atoms in total. The Morgan fingerprint density at radius 3 is 1.77 bits per heavy atom. The van der Waals surface area contributed by atoms with Crippen LogP contribution in [0.15, 0.2) is 115 Å². The summed E-state index contributed by atoms with van der Waals surface area (Å²) in [5.41, 5.74) is 3.81. The molecule has 0 bridgehead atoms. The van der Waals surface area contributed by atoms with E-state index in [0.29, 0.717) is 33.8 Å². The number of imide groups is 2. The number of nitrogens with zero attached hydrogens (tertiary/aromatic N) is 3. The molecule has 0 fully saturated rings. The minimum absolute atomic E-state index is 0.229. The van der Waals surface area contributed by atoms with E-state index in [1.165, 1.54) is 0 Å². The Labute approximate surface area is 251 Å². The first-order valence-electron chi connectivity index (χ1n) is 14.0. The molecule has 3 heterocycles. The molecule has 5 aromatic rings. The Kier molecular flexibility index (Phi) is 5.64. The van der Waals surface area contributed by atoms with Crippen LogP contribution in [0.4, 0.5) is 11.4 Å². The van der Waals surface area contributed by atoms with Crippen LogP contribution in [0.1, 0.15) is 53.4 Å². The summed E-state index contributed by atoms with van der Waals surface area (Å²) >= 11 is 0. The summed E-state index contributed by atoms with van der Waals surface area (Å²) in [6.45, 7) is 0. The summed E-state index contributed by atoms with van der Waals surface area (Å²) in [7, 11) is 0. The lowest BCUT2D eigenvalue weighted by Gasteiger charge is -2.32. The predicted octanol–water partition coefficient (Wildman–Crippen LogP) is 6.97. The van der Waals surface area contributed by atoms with Crippen molar-refractivity contribution in [1.82, 2.24) is 4.98 Å². The van der Waals surface area contributed by atoms with Crippen molar-refractivity contribution in [3.05, 3.63) is 143 Å². The Hall–Kier alpha value is -6.15. The number of benzene rings is 4. The fraction of sp³-hybridized carbons (Fsp3) is 0.0278. The Morgan fingerprint density at radius 1 is 0.614 bits per heavy atom. The van der Waals surface area contributed by atoms with Gasteiger partial charge in [-0.25, -0.2) is 14.8 Å². The highest BCUT2D eigenvalue weighted by atomic mass is 16.5. The van der Waals surface area contributed by atoms with Gasteiger partial charge < -0.3 is 4.74 Å². The number of carbonyl (C=O) groups excluding carboxylic acids is 4. The highest BCUT2D eigenvalue weighted by molar-refractivity contribution is 6.42. The fourth-order valence-corrected chi connectivity index (χ4v) is 6.03. The van der Waals surface area contributed by atoms with E-state index in [1.54, 1.807) is 85.1 Å². The third kappa shape index (κ3) is 3.81. The van der Waals surface area contributed by atoms with Crippen molar-refractivity contribution in [2.45, 2.75) is 6.42 Å². The molecule has 8 heteroatoms. The van der Waals surface area contributed by atoms with E-state index in [0.717, 1.165) is 27.4 Å². The number of aromatic nitrogens is 1. The summed E-state index contributed by atoms with van der Waals surface area (Å²) < 4.78 is 5.82. The van der Waals surface area contributed by atoms with Crippen LogP contribution in [0.25, 0.3) is 16.3 Å². The molecule has 0 saturated heterocycles. The zero-order valence-electron chi connectivity index (χ0n) is 23.1. The number of allylic oxidation sites excluding steroid dienone is 4. The van der Waals surface area contributed by atoms with E-state index >= 15 is 0 Å². The maximum absolute atomic E-state index is 13.9. The molecule has 0 radical (unpaired) electrons. The molecule has 3 aliphatic rings. The number of hydrogen-bond acceptors (Lipinski definition) is 6. The number of ether oxygens (including phenoxy) is 1. The lowest BCUT2D eigenvalue weighted by Crippen LogP contribution is -2.43. The first-order chi connectivity index (χ1) is 21.5. The van der Waals surface area contributed by atoms with E-state index in [-0.39, 0.29) is 22.3 Å². The van der Waals surface area contributed by atoms with Gasteiger partial charge in [0.25, 0.3) is 23.6 Å². The zero-order valence-corrected chi connectivity index (χ0v) is 23.1. The molecule has 44 heavy (non-hydrogen) atoms. The first kappa shape index (κ1) is 25.6. The molecule has 0 N–H and O–H groups in total. The van der Waals surface area contributed by atoms with Crippen molar-refractivity contribution in [2.24, 2.45) is 0 Å². The van der Waals surface area contributed by atoms with Crippen LogP contribution in [-0.2, 0) is 0 Å². The molecule has 2 aliphatic heterocycles. The van der Waals surface area contributed by atoms with Crippen molar-refractivity contribution in [3.63, 3.8) is 0 Å². The van der Waals surface area contributed by atoms with Gasteiger partial charge in [-0.3, -0.25) is 19.2 Å². The normalized spacial score (nSPS) is 15.3. The molecule has 4 amide bonds. The number of rotatable bonds is 5. The Bertz CT molecular complexity index is 2080. The maximum atomic E-state index is 13.9. The second-order valence-electron chi connectivity index (χ2n) is 10.6. The molecular formula is C36H21N3O5. The van der Waals surface area contributed by atoms with E-state index in [1.807, 2.05) is 18.2 Å². The van der Waals surface area contributed by atoms with Crippen molar-refractivity contribution in [1.29, 1.82) is 0 Å². The molecule has 4 aromatic carbocycles. The van der Waals surface area contributed by atoms with Gasteiger partial charge in [-0.2, -0.15) is 0 Å². The molecule has 210 valence electrons. The van der Waals surface area contributed by atoms with Crippen molar-refractivity contribution in [3.8, 4) is 11.6 Å². The summed E-state index contributed by atoms with van der Waals surface area (Å²) in [4.78, 5) is 61.7. The van der Waals surface area contributed by atoms with E-state index < -0.39 is 23.6 Å². The van der Waals surface area contributed by atoms with Gasteiger partial charge in [0.05, 0.1) is 11.4 Å². The van der Waals surface area contributed by atoms with E-state index in [2.05, 4.69) is 17.1 Å². The monoisotopic (exact) mass is 575 g/mol. The van der Waals surface area contributed by atoms with Crippen LogP contribution in [0.3, 0.4) is 0 Å². The number of amides is 4. The summed E-state index contributed by atoms with van der Waals surface area (Å²) in [6.07, 6.45) is 8.70. The van der Waals surface area contributed by atoms with Gasteiger partial charge in [-0.05, 0) is 72.2 Å². The number of hydrogen-bond donors (Lipinski definition) is 0. The van der Waals surface area contributed by atoms with Crippen LogP contribution in [0.5, 0.6) is 11.6 Å². The average Bonchev–Trinajstić information content (AvgIpc) is 3.59. The van der Waals surface area contributed by atoms with Crippen LogP contribution in [0.2, 0.25) is 0 Å². The summed E-state index contributed by atoms with van der Waals surface area (Å²) in [5, 5.41) is 0.626. The second kappa shape index (κ2) is 9.71. The van der Waals surface area contributed by atoms with Crippen molar-refractivity contribution >= 4 is 51.3 Å². The molecule has 0 unspecified atom stereocenters. The highest BCUT2D eigenvalue weighted by Gasteiger charge is 2.40. The largest absolute Gasteiger partial charge is 0.439 e. The van der Waals surface area contributed by atoms with E-state index in [4.69, 9.17) is 4.74 Å². The molecular weight excluding hydrogens is 554 g/mol. The highest BCUT2D eigenvalue weighted by Crippen LogP contribution is 2.40. The van der Waals surface area contributed by atoms with Crippen molar-refractivity contribution in [2.75, 3.05) is 9.80 Å². The van der Waals surface area contributed by atoms with Gasteiger partial charge in [-0.15, -0.1) is 0 Å². The predicted molar refractivity (Wildman–Crippen MR) is 165 cm³/mol. The van der Waals surface area contributed by atoms with Crippen LogP contribution >= 0.6 is 0 Å². The van der Waals surface area contributed by atoms with Gasteiger partial charge in [0.1, 0.15) is 5.75 Å². The standard InChI is InChI=1S/C36H21N3O5/c40-33-26-15-17-28-32-29(36(43)39(35(28)42)24-8-5-9-25(20-24)44-30-10-3-4-19-37-30)18-16-27(31(26)32)34(41)38(33)23-13-11-22(12-14-23)21-6-1-2-7-21/h1,3-20H,2H2. The Morgan fingerprint density at radius 2 is 1.23 bits per heavy atom. The van der Waals surface area contributed by atoms with Gasteiger partial charge in [0, 0.05) is 51.4 Å². The van der Waals surface area contributed by atoms with Crippen molar-refractivity contribution < 1.29 is 23.9 Å². The topological polar surface area (TPSA) is 96.9 Å². The van der Waals surface area contributed by atoms with E-state index in [9.17, 15) is 19.2 Å². The second-order valence-corrected chi connectivity index (χ2v) is 10.6. The summed E-state index contributed by atoms with van der Waals surface area (Å²) in [6, 6.07) is 25.4. The third-order valence-electron chi connectivity index (χ3n) is 8.06.